The third-order valence-electron chi connectivity index (χ3n) is 6.11. The second kappa shape index (κ2) is 9.98. The summed E-state index contributed by atoms with van der Waals surface area (Å²) in [6.07, 6.45) is 5.60. The maximum absolute atomic E-state index is 12.2. The van der Waals surface area contributed by atoms with Crippen molar-refractivity contribution < 1.29 is 27.8 Å². The summed E-state index contributed by atoms with van der Waals surface area (Å²) >= 11 is 0. The number of hydrogen-bond acceptors (Lipinski definition) is 6. The van der Waals surface area contributed by atoms with Gasteiger partial charge in [0, 0.05) is 12.6 Å². The van der Waals surface area contributed by atoms with Gasteiger partial charge in [-0.15, -0.1) is 0 Å². The summed E-state index contributed by atoms with van der Waals surface area (Å²) < 4.78 is 37.3. The van der Waals surface area contributed by atoms with Crippen LogP contribution in [0.15, 0.2) is 24.3 Å². The largest absolute Gasteiger partial charge is 0.508 e. The minimum Gasteiger partial charge on any atom is -0.508 e. The molecule has 0 spiro atoms. The van der Waals surface area contributed by atoms with Gasteiger partial charge in [0.1, 0.15) is 5.75 Å². The molecule has 1 heterocycles. The van der Waals surface area contributed by atoms with Gasteiger partial charge in [-0.3, -0.25) is 0 Å². The Bertz CT molecular complexity index is 823. The van der Waals surface area contributed by atoms with Gasteiger partial charge in [-0.2, -0.15) is 0 Å². The van der Waals surface area contributed by atoms with Gasteiger partial charge in [-0.1, -0.05) is 18.2 Å². The molecule has 1 amide bonds. The summed E-state index contributed by atoms with van der Waals surface area (Å²) in [6.45, 7) is 0.775. The lowest BCUT2D eigenvalue weighted by atomic mass is 9.82. The van der Waals surface area contributed by atoms with Crippen molar-refractivity contribution in [2.24, 2.45) is 0 Å². The monoisotopic (exact) mass is 440 g/mol. The summed E-state index contributed by atoms with van der Waals surface area (Å²) in [6, 6.07) is 6.65. The number of amides is 1. The summed E-state index contributed by atoms with van der Waals surface area (Å²) in [5.41, 5.74) is 0.984. The number of ether oxygens (including phenoxy) is 2. The van der Waals surface area contributed by atoms with E-state index in [1.807, 2.05) is 18.2 Å². The van der Waals surface area contributed by atoms with Gasteiger partial charge in [0.2, 0.25) is 10.0 Å². The molecule has 0 bridgehead atoms. The molecule has 1 aliphatic carbocycles. The fourth-order valence-corrected chi connectivity index (χ4v) is 5.45. The Balaban J connectivity index is 1.60. The number of para-hydroxylation sites is 1. The number of hydrogen-bond donors (Lipinski definition) is 2. The molecule has 1 aliphatic heterocycles. The highest BCUT2D eigenvalue weighted by atomic mass is 32.2. The van der Waals surface area contributed by atoms with E-state index in [1.165, 1.54) is 7.11 Å². The lowest BCUT2D eigenvalue weighted by Crippen LogP contribution is -2.59. The van der Waals surface area contributed by atoms with Crippen molar-refractivity contribution in [1.29, 1.82) is 0 Å². The van der Waals surface area contributed by atoms with Crippen LogP contribution < -0.4 is 4.72 Å². The standard InChI is InChI=1S/C21H32N2O6S/c1-28-21(25)23-13-5-7-18(22-30(2,26)27)19(23)14-29-16-11-9-15(10-12-16)17-6-3-4-8-20(17)24/h3-4,6,8,15-16,18-19,22,24H,5,7,9-14H2,1-2H3/t15-,16+,18-,19-/m0/s1. The molecule has 2 N–H and O–H groups in total. The molecule has 2 atom stereocenters. The number of phenolic OH excluding ortho intramolecular Hbond substituents is 1. The van der Waals surface area contributed by atoms with Crippen LogP contribution >= 0.6 is 0 Å². The molecule has 2 aliphatic rings. The Morgan fingerprint density at radius 3 is 2.53 bits per heavy atom. The second-order valence-corrected chi connectivity index (χ2v) is 10.0. The molecule has 1 aromatic carbocycles. The van der Waals surface area contributed by atoms with Crippen LogP contribution in [0.1, 0.15) is 50.0 Å². The maximum Gasteiger partial charge on any atom is 0.409 e. The topological polar surface area (TPSA) is 105 Å². The van der Waals surface area contributed by atoms with Crippen molar-refractivity contribution in [2.75, 3.05) is 26.5 Å². The van der Waals surface area contributed by atoms with Gasteiger partial charge in [-0.05, 0) is 56.1 Å². The molecule has 9 heteroatoms. The summed E-state index contributed by atoms with van der Waals surface area (Å²) in [5.74, 6) is 0.652. The lowest BCUT2D eigenvalue weighted by Gasteiger charge is -2.41. The van der Waals surface area contributed by atoms with Crippen molar-refractivity contribution in [2.45, 2.75) is 62.6 Å². The van der Waals surface area contributed by atoms with Crippen molar-refractivity contribution >= 4 is 16.1 Å². The number of nitrogens with zero attached hydrogens (tertiary/aromatic N) is 1. The first kappa shape index (κ1) is 22.8. The molecule has 8 nitrogen and oxygen atoms in total. The number of nitrogens with one attached hydrogen (secondary N) is 1. The van der Waals surface area contributed by atoms with Gasteiger partial charge in [0.25, 0.3) is 0 Å². The van der Waals surface area contributed by atoms with E-state index in [4.69, 9.17) is 9.47 Å². The SMILES string of the molecule is COC(=O)N1CCC[C@H](NS(C)(=O)=O)[C@@H]1CO[C@H]1CC[C@@H](c2ccccc2O)CC1. The Kier molecular flexibility index (Phi) is 7.60. The molecule has 2 fully saturated rings. The Hall–Kier alpha value is -1.84. The number of piperidine rings is 1. The van der Waals surface area contributed by atoms with Gasteiger partial charge < -0.3 is 19.5 Å². The molecule has 1 saturated heterocycles. The average molecular weight is 441 g/mol. The van der Waals surface area contributed by atoms with E-state index in [0.29, 0.717) is 31.1 Å². The van der Waals surface area contributed by atoms with Crippen LogP contribution in [0.3, 0.4) is 0 Å². The number of benzene rings is 1. The lowest BCUT2D eigenvalue weighted by molar-refractivity contribution is -0.0245. The highest BCUT2D eigenvalue weighted by Gasteiger charge is 2.37. The number of sulfonamides is 1. The molecule has 1 aromatic rings. The Morgan fingerprint density at radius 1 is 1.20 bits per heavy atom. The van der Waals surface area contributed by atoms with Crippen LogP contribution in [0, 0.1) is 0 Å². The smallest absolute Gasteiger partial charge is 0.409 e. The van der Waals surface area contributed by atoms with Crippen LogP contribution in [-0.4, -0.2) is 69.2 Å². The summed E-state index contributed by atoms with van der Waals surface area (Å²) in [5, 5.41) is 10.1. The Labute approximate surface area is 178 Å². The van der Waals surface area contributed by atoms with Crippen LogP contribution in [0.25, 0.3) is 0 Å². The number of aromatic hydroxyl groups is 1. The zero-order chi connectivity index (χ0) is 21.7. The number of phenols is 1. The van der Waals surface area contributed by atoms with E-state index in [1.54, 1.807) is 11.0 Å². The van der Waals surface area contributed by atoms with Crippen LogP contribution in [0.4, 0.5) is 4.79 Å². The summed E-state index contributed by atoms with van der Waals surface area (Å²) in [4.78, 5) is 13.8. The second-order valence-electron chi connectivity index (χ2n) is 8.24. The van der Waals surface area contributed by atoms with Crippen LogP contribution in [0.5, 0.6) is 5.75 Å². The molecule has 30 heavy (non-hydrogen) atoms. The first-order valence-corrected chi connectivity index (χ1v) is 12.4. The molecule has 0 unspecified atom stereocenters. The number of carbonyl (C=O) groups is 1. The molecule has 3 rings (SSSR count). The molecule has 0 aromatic heterocycles. The van der Waals surface area contributed by atoms with E-state index in [0.717, 1.165) is 37.5 Å². The van der Waals surface area contributed by atoms with E-state index in [-0.39, 0.29) is 12.7 Å². The fraction of sp³-hybridized carbons (Fsp3) is 0.667. The third-order valence-corrected chi connectivity index (χ3v) is 6.84. The normalized spacial score (nSPS) is 27.6. The predicted molar refractivity (Wildman–Crippen MR) is 113 cm³/mol. The number of methoxy groups -OCH3 is 1. The third kappa shape index (κ3) is 5.86. The van der Waals surface area contributed by atoms with E-state index in [9.17, 15) is 18.3 Å². The number of rotatable bonds is 6. The van der Waals surface area contributed by atoms with Gasteiger partial charge >= 0.3 is 6.09 Å². The highest BCUT2D eigenvalue weighted by molar-refractivity contribution is 7.88. The first-order chi connectivity index (χ1) is 14.3. The fourth-order valence-electron chi connectivity index (χ4n) is 4.63. The van der Waals surface area contributed by atoms with E-state index < -0.39 is 28.2 Å². The van der Waals surface area contributed by atoms with Gasteiger partial charge in [0.05, 0.1) is 32.1 Å². The minimum atomic E-state index is -3.41. The Morgan fingerprint density at radius 2 is 1.90 bits per heavy atom. The molecule has 168 valence electrons. The van der Waals surface area contributed by atoms with E-state index >= 15 is 0 Å². The molecule has 1 saturated carbocycles. The molecule has 0 radical (unpaired) electrons. The van der Waals surface area contributed by atoms with Crippen molar-refractivity contribution in [1.82, 2.24) is 9.62 Å². The van der Waals surface area contributed by atoms with Crippen molar-refractivity contribution in [3.8, 4) is 5.75 Å². The minimum absolute atomic E-state index is 0.0485. The van der Waals surface area contributed by atoms with Gasteiger partial charge in [0.15, 0.2) is 0 Å². The quantitative estimate of drug-likeness (QED) is 0.704. The average Bonchev–Trinajstić information content (AvgIpc) is 2.72. The first-order valence-electron chi connectivity index (χ1n) is 10.5. The summed E-state index contributed by atoms with van der Waals surface area (Å²) in [7, 11) is -2.08. The molecular weight excluding hydrogens is 408 g/mol. The zero-order valence-electron chi connectivity index (χ0n) is 17.6. The number of likely N-dealkylation sites (tertiary alicyclic amines) is 1. The van der Waals surface area contributed by atoms with Crippen LogP contribution in [0.2, 0.25) is 0 Å². The molecular formula is C21H32N2O6S. The number of carbonyl (C=O) groups excluding carboxylic acids is 1. The van der Waals surface area contributed by atoms with Crippen molar-refractivity contribution in [3.63, 3.8) is 0 Å². The maximum atomic E-state index is 12.2. The highest BCUT2D eigenvalue weighted by Crippen LogP contribution is 2.38. The van der Waals surface area contributed by atoms with Crippen LogP contribution in [-0.2, 0) is 19.5 Å². The van der Waals surface area contributed by atoms with E-state index in [2.05, 4.69) is 4.72 Å². The zero-order valence-corrected chi connectivity index (χ0v) is 18.4. The van der Waals surface area contributed by atoms with Crippen molar-refractivity contribution in [3.05, 3.63) is 29.8 Å². The predicted octanol–water partition coefficient (Wildman–Crippen LogP) is 2.58. The van der Waals surface area contributed by atoms with Gasteiger partial charge in [-0.25, -0.2) is 17.9 Å².